The zero-order chi connectivity index (χ0) is 20.2. The number of carbonyl (C=O) groups is 3. The number of benzene rings is 1. The second kappa shape index (κ2) is 11.7. The predicted molar refractivity (Wildman–Crippen MR) is 99.5 cm³/mol. The molecule has 0 bridgehead atoms. The summed E-state index contributed by atoms with van der Waals surface area (Å²) in [7, 11) is 0. The van der Waals surface area contributed by atoms with Gasteiger partial charge in [-0.15, -0.1) is 0 Å². The SMILES string of the molecule is CCOC(=O)N1CCN(Cc2ccc(C)cc2)CC1.O=C(O)/C=C/C(=O)O. The predicted octanol–water partition coefficient (Wildman–Crippen LogP) is 1.98. The molecule has 0 aliphatic carbocycles. The molecule has 0 unspecified atom stereocenters. The van der Waals surface area contributed by atoms with E-state index in [4.69, 9.17) is 14.9 Å². The maximum absolute atomic E-state index is 11.6. The third-order valence-corrected chi connectivity index (χ3v) is 3.79. The lowest BCUT2D eigenvalue weighted by atomic mass is 10.1. The van der Waals surface area contributed by atoms with Gasteiger partial charge in [-0.25, -0.2) is 14.4 Å². The van der Waals surface area contributed by atoms with Crippen LogP contribution in [0.15, 0.2) is 36.4 Å². The second-order valence-corrected chi connectivity index (χ2v) is 5.96. The number of hydrogen-bond acceptors (Lipinski definition) is 5. The maximum atomic E-state index is 11.6. The van der Waals surface area contributed by atoms with E-state index in [1.807, 2.05) is 6.92 Å². The Morgan fingerprint density at radius 2 is 1.52 bits per heavy atom. The van der Waals surface area contributed by atoms with E-state index in [1.54, 1.807) is 4.90 Å². The van der Waals surface area contributed by atoms with E-state index in [9.17, 15) is 14.4 Å². The van der Waals surface area contributed by atoms with E-state index in [2.05, 4.69) is 36.1 Å². The monoisotopic (exact) mass is 378 g/mol. The molecule has 2 N–H and O–H groups in total. The first-order valence-corrected chi connectivity index (χ1v) is 8.65. The van der Waals surface area contributed by atoms with Gasteiger partial charge >= 0.3 is 18.0 Å². The Morgan fingerprint density at radius 1 is 1.00 bits per heavy atom. The van der Waals surface area contributed by atoms with Crippen molar-refractivity contribution in [2.45, 2.75) is 20.4 Å². The first-order valence-electron chi connectivity index (χ1n) is 8.65. The molecule has 2 rings (SSSR count). The van der Waals surface area contributed by atoms with Crippen molar-refractivity contribution in [1.29, 1.82) is 0 Å². The molecule has 0 saturated carbocycles. The van der Waals surface area contributed by atoms with Crippen LogP contribution in [0.1, 0.15) is 18.1 Å². The minimum atomic E-state index is -1.26. The van der Waals surface area contributed by atoms with Crippen molar-refractivity contribution < 1.29 is 29.3 Å². The Balaban J connectivity index is 0.000000387. The first kappa shape index (κ1) is 22.2. The van der Waals surface area contributed by atoms with Gasteiger partial charge < -0.3 is 19.8 Å². The van der Waals surface area contributed by atoms with Crippen LogP contribution in [0.4, 0.5) is 4.79 Å². The van der Waals surface area contributed by atoms with Gasteiger partial charge in [0.1, 0.15) is 0 Å². The van der Waals surface area contributed by atoms with E-state index in [0.717, 1.165) is 32.7 Å². The third-order valence-electron chi connectivity index (χ3n) is 3.79. The molecule has 1 aromatic rings. The summed E-state index contributed by atoms with van der Waals surface area (Å²) in [5.41, 5.74) is 2.62. The van der Waals surface area contributed by atoms with E-state index in [0.29, 0.717) is 18.8 Å². The van der Waals surface area contributed by atoms with Crippen LogP contribution in [0.2, 0.25) is 0 Å². The molecule has 1 fully saturated rings. The number of rotatable bonds is 5. The number of aliphatic carboxylic acids is 2. The van der Waals surface area contributed by atoms with Gasteiger partial charge in [-0.2, -0.15) is 0 Å². The zero-order valence-corrected chi connectivity index (χ0v) is 15.6. The highest BCUT2D eigenvalue weighted by Gasteiger charge is 2.21. The van der Waals surface area contributed by atoms with Crippen LogP contribution >= 0.6 is 0 Å². The number of hydrogen-bond donors (Lipinski definition) is 2. The highest BCUT2D eigenvalue weighted by atomic mass is 16.6. The van der Waals surface area contributed by atoms with E-state index in [1.165, 1.54) is 11.1 Å². The van der Waals surface area contributed by atoms with Crippen molar-refractivity contribution >= 4 is 18.0 Å². The summed E-state index contributed by atoms with van der Waals surface area (Å²) < 4.78 is 5.02. The largest absolute Gasteiger partial charge is 0.478 e. The standard InChI is InChI=1S/C15H22N2O2.C4H4O4/c1-3-19-15(18)17-10-8-16(9-11-17)12-14-6-4-13(2)5-7-14;5-3(6)1-2-4(7)8/h4-7H,3,8-12H2,1-2H3;1-2H,(H,5,6)(H,7,8)/b;2-1+. The highest BCUT2D eigenvalue weighted by Crippen LogP contribution is 2.10. The summed E-state index contributed by atoms with van der Waals surface area (Å²) >= 11 is 0. The van der Waals surface area contributed by atoms with Crippen molar-refractivity contribution in [2.75, 3.05) is 32.8 Å². The van der Waals surface area contributed by atoms with Crippen LogP contribution in [0.3, 0.4) is 0 Å². The molecule has 148 valence electrons. The normalized spacial score (nSPS) is 14.4. The van der Waals surface area contributed by atoms with Gasteiger partial charge in [0, 0.05) is 44.9 Å². The Bertz CT molecular complexity index is 633. The summed E-state index contributed by atoms with van der Waals surface area (Å²) in [6.45, 7) is 8.67. The van der Waals surface area contributed by atoms with Crippen LogP contribution in [0.5, 0.6) is 0 Å². The number of carboxylic acids is 2. The molecule has 27 heavy (non-hydrogen) atoms. The average Bonchev–Trinajstić information content (AvgIpc) is 2.63. The number of carboxylic acid groups (broad SMARTS) is 2. The number of ether oxygens (including phenoxy) is 1. The molecule has 8 heteroatoms. The van der Waals surface area contributed by atoms with E-state index >= 15 is 0 Å². The third kappa shape index (κ3) is 9.41. The first-order chi connectivity index (χ1) is 12.8. The Labute approximate surface area is 158 Å². The molecule has 0 aromatic heterocycles. The van der Waals surface area contributed by atoms with Gasteiger partial charge in [0.15, 0.2) is 0 Å². The molecular weight excluding hydrogens is 352 g/mol. The van der Waals surface area contributed by atoms with Crippen molar-refractivity contribution in [2.24, 2.45) is 0 Å². The number of piperazine rings is 1. The van der Waals surface area contributed by atoms with Crippen molar-refractivity contribution in [3.05, 3.63) is 47.5 Å². The molecule has 1 saturated heterocycles. The smallest absolute Gasteiger partial charge is 0.409 e. The fraction of sp³-hybridized carbons (Fsp3) is 0.421. The van der Waals surface area contributed by atoms with Gasteiger partial charge in [-0.1, -0.05) is 29.8 Å². The van der Waals surface area contributed by atoms with Gasteiger partial charge in [-0.3, -0.25) is 4.90 Å². The summed E-state index contributed by atoms with van der Waals surface area (Å²) in [4.78, 5) is 34.9. The van der Waals surface area contributed by atoms with Gasteiger partial charge in [0.2, 0.25) is 0 Å². The van der Waals surface area contributed by atoms with Crippen LogP contribution in [-0.2, 0) is 20.9 Å². The van der Waals surface area contributed by atoms with Crippen LogP contribution in [-0.4, -0.2) is 70.8 Å². The van der Waals surface area contributed by atoms with E-state index < -0.39 is 11.9 Å². The van der Waals surface area contributed by atoms with Crippen LogP contribution in [0.25, 0.3) is 0 Å². The summed E-state index contributed by atoms with van der Waals surface area (Å²) in [5, 5.41) is 15.6. The minimum absolute atomic E-state index is 0.183. The highest BCUT2D eigenvalue weighted by molar-refractivity contribution is 5.89. The summed E-state index contributed by atoms with van der Waals surface area (Å²) in [6.07, 6.45) is 0.933. The van der Waals surface area contributed by atoms with Crippen molar-refractivity contribution in [3.8, 4) is 0 Å². The van der Waals surface area contributed by atoms with E-state index in [-0.39, 0.29) is 6.09 Å². The molecule has 1 amide bonds. The average molecular weight is 378 g/mol. The molecule has 8 nitrogen and oxygen atoms in total. The Morgan fingerprint density at radius 3 is 1.96 bits per heavy atom. The fourth-order valence-electron chi connectivity index (χ4n) is 2.40. The summed E-state index contributed by atoms with van der Waals surface area (Å²) in [6, 6.07) is 8.63. The lowest BCUT2D eigenvalue weighted by molar-refractivity contribution is -0.134. The lowest BCUT2D eigenvalue weighted by Gasteiger charge is -2.34. The molecule has 0 radical (unpaired) electrons. The maximum Gasteiger partial charge on any atom is 0.409 e. The zero-order valence-electron chi connectivity index (χ0n) is 15.6. The molecule has 0 atom stereocenters. The molecule has 1 aliphatic heterocycles. The van der Waals surface area contributed by atoms with Gasteiger partial charge in [0.25, 0.3) is 0 Å². The van der Waals surface area contributed by atoms with Gasteiger partial charge in [0.05, 0.1) is 6.61 Å². The van der Waals surface area contributed by atoms with Crippen molar-refractivity contribution in [1.82, 2.24) is 9.80 Å². The molecule has 1 aromatic carbocycles. The van der Waals surface area contributed by atoms with Crippen LogP contribution in [0, 0.1) is 6.92 Å². The molecule has 1 aliphatic rings. The number of nitrogens with zero attached hydrogens (tertiary/aromatic N) is 2. The molecular formula is C19H26N2O6. The Hall–Kier alpha value is -2.87. The number of carbonyl (C=O) groups excluding carboxylic acids is 1. The number of amides is 1. The lowest BCUT2D eigenvalue weighted by Crippen LogP contribution is -2.48. The Kier molecular flexibility index (Phi) is 9.60. The minimum Gasteiger partial charge on any atom is -0.478 e. The second-order valence-electron chi connectivity index (χ2n) is 5.96. The van der Waals surface area contributed by atoms with Gasteiger partial charge in [-0.05, 0) is 19.4 Å². The fourth-order valence-corrected chi connectivity index (χ4v) is 2.40. The topological polar surface area (TPSA) is 107 Å². The van der Waals surface area contributed by atoms with Crippen LogP contribution < -0.4 is 0 Å². The molecule has 0 spiro atoms. The van der Waals surface area contributed by atoms with Crippen molar-refractivity contribution in [3.63, 3.8) is 0 Å². The summed E-state index contributed by atoms with van der Waals surface area (Å²) in [5.74, 6) is -2.51. The quantitative estimate of drug-likeness (QED) is 0.754. The molecule has 1 heterocycles. The number of aryl methyl sites for hydroxylation is 1.